The topological polar surface area (TPSA) is 37.3 Å². The van der Waals surface area contributed by atoms with Crippen molar-refractivity contribution >= 4 is 5.97 Å². The van der Waals surface area contributed by atoms with Crippen LogP contribution in [0.25, 0.3) is 0 Å². The first-order valence-corrected chi connectivity index (χ1v) is 6.77. The third-order valence-electron chi connectivity index (χ3n) is 5.44. The smallest absolute Gasteiger partial charge is 0.330 e. The summed E-state index contributed by atoms with van der Waals surface area (Å²) in [6, 6.07) is 0. The van der Waals surface area contributed by atoms with Crippen molar-refractivity contribution < 1.29 is 9.90 Å². The van der Waals surface area contributed by atoms with Gasteiger partial charge >= 0.3 is 5.97 Å². The molecule has 17 heavy (non-hydrogen) atoms. The van der Waals surface area contributed by atoms with Gasteiger partial charge in [0.2, 0.25) is 0 Å². The summed E-state index contributed by atoms with van der Waals surface area (Å²) in [5.41, 5.74) is 0.600. The van der Waals surface area contributed by atoms with E-state index in [1.165, 1.54) is 32.1 Å². The second kappa shape index (κ2) is 3.60. The number of carbonyl (C=O) groups is 1. The van der Waals surface area contributed by atoms with Crippen molar-refractivity contribution in [1.82, 2.24) is 0 Å². The van der Waals surface area contributed by atoms with Crippen molar-refractivity contribution in [2.45, 2.75) is 46.0 Å². The van der Waals surface area contributed by atoms with Crippen LogP contribution in [0.3, 0.4) is 0 Å². The maximum atomic E-state index is 11.0. The summed E-state index contributed by atoms with van der Waals surface area (Å²) >= 11 is 0. The zero-order valence-electron chi connectivity index (χ0n) is 10.7. The normalized spacial score (nSPS) is 45.3. The number of aliphatic carboxylic acids is 1. The van der Waals surface area contributed by atoms with Gasteiger partial charge in [0.15, 0.2) is 0 Å². The molecule has 4 aliphatic carbocycles. The lowest BCUT2D eigenvalue weighted by molar-refractivity contribution is -0.132. The maximum Gasteiger partial charge on any atom is 0.330 e. The number of hydrogen-bond donors (Lipinski definition) is 1. The zero-order valence-corrected chi connectivity index (χ0v) is 10.7. The van der Waals surface area contributed by atoms with E-state index in [1.807, 2.05) is 6.08 Å². The molecule has 1 N–H and O–H groups in total. The number of allylic oxidation sites excluding steroid dienone is 1. The SMILES string of the molecule is CC(=CC1(C)[C]2CC3CC(C2)CC1C3)C(=O)O. The van der Waals surface area contributed by atoms with Gasteiger partial charge in [-0.05, 0) is 68.1 Å². The molecule has 4 saturated carbocycles. The summed E-state index contributed by atoms with van der Waals surface area (Å²) in [5.74, 6) is 3.41. The molecule has 3 unspecified atom stereocenters. The van der Waals surface area contributed by atoms with E-state index in [0.717, 1.165) is 11.8 Å². The molecule has 2 heteroatoms. The van der Waals surface area contributed by atoms with Gasteiger partial charge in [0.1, 0.15) is 0 Å². The minimum Gasteiger partial charge on any atom is -0.478 e. The van der Waals surface area contributed by atoms with Crippen LogP contribution >= 0.6 is 0 Å². The number of carboxylic acids is 1. The Morgan fingerprint density at radius 1 is 1.29 bits per heavy atom. The Kier molecular flexibility index (Phi) is 2.39. The number of carboxylic acid groups (broad SMARTS) is 1. The highest BCUT2D eigenvalue weighted by Crippen LogP contribution is 2.63. The Hall–Kier alpha value is -0.790. The lowest BCUT2D eigenvalue weighted by atomic mass is 9.46. The molecule has 0 amide bonds. The Morgan fingerprint density at radius 3 is 2.35 bits per heavy atom. The third-order valence-corrected chi connectivity index (χ3v) is 5.44. The van der Waals surface area contributed by atoms with Crippen LogP contribution in [0.2, 0.25) is 0 Å². The molecule has 0 aromatic heterocycles. The van der Waals surface area contributed by atoms with Gasteiger partial charge in [0.25, 0.3) is 0 Å². The summed E-state index contributed by atoms with van der Waals surface area (Å²) in [4.78, 5) is 11.0. The lowest BCUT2D eigenvalue weighted by Gasteiger charge is -2.59. The first-order valence-electron chi connectivity index (χ1n) is 6.77. The van der Waals surface area contributed by atoms with Crippen LogP contribution in [0, 0.1) is 29.1 Å². The highest BCUT2D eigenvalue weighted by molar-refractivity contribution is 5.86. The van der Waals surface area contributed by atoms with E-state index >= 15 is 0 Å². The minimum atomic E-state index is -0.763. The Bertz CT molecular complexity index is 352. The van der Waals surface area contributed by atoms with Gasteiger partial charge in [0, 0.05) is 5.57 Å². The van der Waals surface area contributed by atoms with Crippen molar-refractivity contribution in [1.29, 1.82) is 0 Å². The zero-order chi connectivity index (χ0) is 12.2. The fourth-order valence-electron chi connectivity index (χ4n) is 4.63. The molecular formula is C15H21O2. The van der Waals surface area contributed by atoms with Gasteiger partial charge in [-0.25, -0.2) is 4.79 Å². The van der Waals surface area contributed by atoms with Crippen LogP contribution < -0.4 is 0 Å². The Labute approximate surface area is 103 Å². The van der Waals surface area contributed by atoms with Crippen LogP contribution in [0.5, 0.6) is 0 Å². The minimum absolute atomic E-state index is 0.0793. The second-order valence-electron chi connectivity index (χ2n) is 6.56. The van der Waals surface area contributed by atoms with Crippen molar-refractivity contribution in [2.75, 3.05) is 0 Å². The summed E-state index contributed by atoms with van der Waals surface area (Å²) in [5, 5.41) is 9.07. The first-order chi connectivity index (χ1) is 7.99. The molecule has 4 bridgehead atoms. The fourth-order valence-corrected chi connectivity index (χ4v) is 4.63. The third kappa shape index (κ3) is 1.64. The Balaban J connectivity index is 1.92. The molecule has 0 saturated heterocycles. The summed E-state index contributed by atoms with van der Waals surface area (Å²) in [7, 11) is 0. The van der Waals surface area contributed by atoms with Gasteiger partial charge in [0.05, 0.1) is 0 Å². The molecule has 0 spiro atoms. The van der Waals surface area contributed by atoms with Crippen LogP contribution in [0.4, 0.5) is 0 Å². The molecular weight excluding hydrogens is 212 g/mol. The average Bonchev–Trinajstić information content (AvgIpc) is 2.25. The van der Waals surface area contributed by atoms with E-state index < -0.39 is 5.97 Å². The van der Waals surface area contributed by atoms with Gasteiger partial charge in [-0.3, -0.25) is 0 Å². The van der Waals surface area contributed by atoms with Crippen molar-refractivity contribution in [3.8, 4) is 0 Å². The largest absolute Gasteiger partial charge is 0.478 e. The molecule has 93 valence electrons. The summed E-state index contributed by atoms with van der Waals surface area (Å²) < 4.78 is 0. The molecule has 4 rings (SSSR count). The van der Waals surface area contributed by atoms with Crippen molar-refractivity contribution in [3.05, 3.63) is 17.6 Å². The number of rotatable bonds is 2. The standard InChI is InChI=1S/C15H21O2/c1-9(14(16)17)8-15(2)12-4-10-3-11(6-12)7-13(15)5-10/h8,10-12H,3-7H2,1-2H3,(H,16,17). The van der Waals surface area contributed by atoms with Crippen LogP contribution in [-0.4, -0.2) is 11.1 Å². The van der Waals surface area contributed by atoms with Crippen LogP contribution in [0.1, 0.15) is 46.0 Å². The van der Waals surface area contributed by atoms with Crippen molar-refractivity contribution in [3.63, 3.8) is 0 Å². The van der Waals surface area contributed by atoms with E-state index in [9.17, 15) is 4.79 Å². The first kappa shape index (κ1) is 11.3. The molecule has 3 atom stereocenters. The predicted molar refractivity (Wildman–Crippen MR) is 66.3 cm³/mol. The molecule has 2 nitrogen and oxygen atoms in total. The Morgan fingerprint density at radius 2 is 1.88 bits per heavy atom. The number of hydrogen-bond acceptors (Lipinski definition) is 1. The molecule has 4 fully saturated rings. The maximum absolute atomic E-state index is 11.0. The van der Waals surface area contributed by atoms with Gasteiger partial charge in [-0.2, -0.15) is 0 Å². The second-order valence-corrected chi connectivity index (χ2v) is 6.56. The lowest BCUT2D eigenvalue weighted by Crippen LogP contribution is -2.49. The quantitative estimate of drug-likeness (QED) is 0.742. The molecule has 0 aliphatic heterocycles. The highest BCUT2D eigenvalue weighted by atomic mass is 16.4. The van der Waals surface area contributed by atoms with E-state index in [2.05, 4.69) is 6.92 Å². The van der Waals surface area contributed by atoms with E-state index in [4.69, 9.17) is 5.11 Å². The van der Waals surface area contributed by atoms with Crippen molar-refractivity contribution in [2.24, 2.45) is 23.2 Å². The van der Waals surface area contributed by atoms with Crippen LogP contribution in [-0.2, 0) is 4.79 Å². The molecule has 4 aliphatic rings. The molecule has 1 radical (unpaired) electrons. The molecule has 0 aromatic rings. The van der Waals surface area contributed by atoms with Crippen LogP contribution in [0.15, 0.2) is 11.6 Å². The molecule has 0 aromatic carbocycles. The summed E-state index contributed by atoms with van der Waals surface area (Å²) in [6.07, 6.45) is 8.63. The van der Waals surface area contributed by atoms with Gasteiger partial charge < -0.3 is 5.11 Å². The predicted octanol–water partition coefficient (Wildman–Crippen LogP) is 3.44. The fraction of sp³-hybridized carbons (Fsp3) is 0.733. The monoisotopic (exact) mass is 233 g/mol. The van der Waals surface area contributed by atoms with Gasteiger partial charge in [-0.15, -0.1) is 0 Å². The highest BCUT2D eigenvalue weighted by Gasteiger charge is 2.54. The van der Waals surface area contributed by atoms with E-state index in [-0.39, 0.29) is 5.41 Å². The summed E-state index contributed by atoms with van der Waals surface area (Å²) in [6.45, 7) is 4.01. The van der Waals surface area contributed by atoms with E-state index in [0.29, 0.717) is 11.5 Å². The van der Waals surface area contributed by atoms with E-state index in [1.54, 1.807) is 12.8 Å². The van der Waals surface area contributed by atoms with Gasteiger partial charge in [-0.1, -0.05) is 13.0 Å². The molecule has 0 heterocycles. The average molecular weight is 233 g/mol.